The fraction of sp³-hybridized carbons (Fsp3) is 0. The SMILES string of the molecule is c1cc(-c2ccc(-c3ccc(-c4ccsc4-c4ccc(-c5ccc(-c6ccncc6)s5)s4)s3)s2)ccn1. The molecule has 0 spiro atoms. The van der Waals surface area contributed by atoms with Crippen molar-refractivity contribution >= 4 is 56.7 Å². The fourth-order valence-corrected chi connectivity index (χ4v) is 9.55. The predicted octanol–water partition coefficient (Wildman–Crippen LogP) is 10.8. The second kappa shape index (κ2) is 9.93. The standard InChI is InChI=1S/C30H18N2S5/c1-4-25(34-22(1)19-9-14-31-15-10-19)27-6-3-24(36-27)21-13-18-33-30(21)29-8-7-28(37-29)26-5-2-23(35-26)20-11-16-32-17-12-20/h1-18H. The zero-order valence-corrected chi connectivity index (χ0v) is 23.4. The molecule has 7 heteroatoms. The van der Waals surface area contributed by atoms with Crippen molar-refractivity contribution in [2.45, 2.75) is 0 Å². The molecule has 7 aromatic rings. The van der Waals surface area contributed by atoms with Crippen LogP contribution in [0.5, 0.6) is 0 Å². The molecule has 37 heavy (non-hydrogen) atoms. The van der Waals surface area contributed by atoms with Crippen LogP contribution in [0.4, 0.5) is 0 Å². The average Bonchev–Trinajstić information content (AvgIpc) is 3.78. The molecule has 7 heterocycles. The highest BCUT2D eigenvalue weighted by atomic mass is 32.1. The summed E-state index contributed by atoms with van der Waals surface area (Å²) in [7, 11) is 0. The highest BCUT2D eigenvalue weighted by Crippen LogP contribution is 2.47. The van der Waals surface area contributed by atoms with Crippen LogP contribution in [-0.4, -0.2) is 9.97 Å². The number of rotatable bonds is 6. The van der Waals surface area contributed by atoms with Crippen molar-refractivity contribution in [1.29, 1.82) is 0 Å². The summed E-state index contributed by atoms with van der Waals surface area (Å²) in [5, 5.41) is 2.21. The molecule has 0 radical (unpaired) electrons. The molecule has 0 saturated carbocycles. The van der Waals surface area contributed by atoms with Gasteiger partial charge in [0.2, 0.25) is 0 Å². The second-order valence-corrected chi connectivity index (χ2v) is 13.5. The van der Waals surface area contributed by atoms with Crippen LogP contribution < -0.4 is 0 Å². The van der Waals surface area contributed by atoms with Gasteiger partial charge in [-0.05, 0) is 95.4 Å². The maximum absolute atomic E-state index is 4.14. The number of hydrogen-bond donors (Lipinski definition) is 0. The van der Waals surface area contributed by atoms with Crippen LogP contribution in [0, 0.1) is 0 Å². The maximum Gasteiger partial charge on any atom is 0.0529 e. The van der Waals surface area contributed by atoms with Gasteiger partial charge in [0.05, 0.1) is 4.88 Å². The summed E-state index contributed by atoms with van der Waals surface area (Å²) in [5.41, 5.74) is 3.76. The van der Waals surface area contributed by atoms with Crippen LogP contribution in [0.1, 0.15) is 0 Å². The summed E-state index contributed by atoms with van der Waals surface area (Å²) < 4.78 is 0. The highest BCUT2D eigenvalue weighted by molar-refractivity contribution is 7.28. The predicted molar refractivity (Wildman–Crippen MR) is 164 cm³/mol. The minimum absolute atomic E-state index is 1.22. The Hall–Kier alpha value is -3.20. The van der Waals surface area contributed by atoms with E-state index in [-0.39, 0.29) is 0 Å². The molecule has 0 aliphatic heterocycles. The lowest BCUT2D eigenvalue weighted by Crippen LogP contribution is -1.71. The Morgan fingerprint density at radius 2 is 0.784 bits per heavy atom. The first-order valence-electron chi connectivity index (χ1n) is 11.6. The third-order valence-corrected chi connectivity index (χ3v) is 12.0. The van der Waals surface area contributed by atoms with Crippen LogP contribution in [-0.2, 0) is 0 Å². The molecule has 0 unspecified atom stereocenters. The third-order valence-electron chi connectivity index (χ3n) is 5.99. The molecule has 0 N–H and O–H groups in total. The molecule has 178 valence electrons. The highest BCUT2D eigenvalue weighted by Gasteiger charge is 2.16. The van der Waals surface area contributed by atoms with Gasteiger partial charge in [-0.2, -0.15) is 0 Å². The molecule has 7 aromatic heterocycles. The first kappa shape index (κ1) is 23.0. The minimum Gasteiger partial charge on any atom is -0.265 e. The summed E-state index contributed by atoms with van der Waals surface area (Å²) in [6, 6.07) is 28.5. The molecule has 0 atom stereocenters. The van der Waals surface area contributed by atoms with Gasteiger partial charge >= 0.3 is 0 Å². The Morgan fingerprint density at radius 1 is 0.378 bits per heavy atom. The van der Waals surface area contributed by atoms with E-state index in [0.717, 1.165) is 0 Å². The first-order chi connectivity index (χ1) is 18.3. The van der Waals surface area contributed by atoms with Gasteiger partial charge in [0, 0.05) is 69.4 Å². The Labute approximate surface area is 234 Å². The van der Waals surface area contributed by atoms with E-state index < -0.39 is 0 Å². The number of hydrogen-bond acceptors (Lipinski definition) is 7. The van der Waals surface area contributed by atoms with E-state index in [2.05, 4.69) is 94.2 Å². The maximum atomic E-state index is 4.14. The van der Waals surface area contributed by atoms with Gasteiger partial charge in [0.1, 0.15) is 0 Å². The molecule has 0 aliphatic rings. The molecule has 0 bridgehead atoms. The van der Waals surface area contributed by atoms with Gasteiger partial charge in [-0.1, -0.05) is 0 Å². The minimum atomic E-state index is 1.22. The van der Waals surface area contributed by atoms with E-state index in [9.17, 15) is 0 Å². The second-order valence-electron chi connectivity index (χ2n) is 8.29. The number of nitrogens with zero attached hydrogens (tertiary/aromatic N) is 2. The molecule has 0 aliphatic carbocycles. The van der Waals surface area contributed by atoms with E-state index in [4.69, 9.17) is 0 Å². The van der Waals surface area contributed by atoms with Crippen LogP contribution in [0.3, 0.4) is 0 Å². The lowest BCUT2D eigenvalue weighted by atomic mass is 10.2. The van der Waals surface area contributed by atoms with E-state index in [1.165, 1.54) is 60.6 Å². The lowest BCUT2D eigenvalue weighted by molar-refractivity contribution is 1.33. The van der Waals surface area contributed by atoms with E-state index in [1.807, 2.05) is 81.5 Å². The van der Waals surface area contributed by atoms with E-state index in [0.29, 0.717) is 0 Å². The van der Waals surface area contributed by atoms with Crippen LogP contribution in [0.15, 0.2) is 109 Å². The normalized spacial score (nSPS) is 11.2. The van der Waals surface area contributed by atoms with Gasteiger partial charge in [-0.25, -0.2) is 0 Å². The molecule has 0 fully saturated rings. The molecular weight excluding hydrogens is 549 g/mol. The molecular formula is C30H18N2S5. The van der Waals surface area contributed by atoms with Gasteiger partial charge in [-0.15, -0.1) is 56.7 Å². The summed E-state index contributed by atoms with van der Waals surface area (Å²) in [6.45, 7) is 0. The number of thiophene rings is 5. The zero-order valence-electron chi connectivity index (χ0n) is 19.3. The van der Waals surface area contributed by atoms with Crippen molar-refractivity contribution in [2.24, 2.45) is 0 Å². The quantitative estimate of drug-likeness (QED) is 0.200. The Bertz CT molecular complexity index is 1650. The number of aromatic nitrogens is 2. The van der Waals surface area contributed by atoms with E-state index in [1.54, 1.807) is 0 Å². The summed E-state index contributed by atoms with van der Waals surface area (Å²) >= 11 is 9.25. The monoisotopic (exact) mass is 566 g/mol. The summed E-state index contributed by atoms with van der Waals surface area (Å²) in [4.78, 5) is 20.1. The van der Waals surface area contributed by atoms with Crippen molar-refractivity contribution in [2.75, 3.05) is 0 Å². The fourth-order valence-electron chi connectivity index (χ4n) is 4.18. The molecule has 0 saturated heterocycles. The summed E-state index contributed by atoms with van der Waals surface area (Å²) in [5.74, 6) is 0. The van der Waals surface area contributed by atoms with Gasteiger partial charge in [0.15, 0.2) is 0 Å². The molecule has 0 aromatic carbocycles. The largest absolute Gasteiger partial charge is 0.265 e. The summed E-state index contributed by atoms with van der Waals surface area (Å²) in [6.07, 6.45) is 7.41. The molecule has 2 nitrogen and oxygen atoms in total. The molecule has 7 rings (SSSR count). The van der Waals surface area contributed by atoms with Crippen LogP contribution >= 0.6 is 56.7 Å². The van der Waals surface area contributed by atoms with Crippen LogP contribution in [0.2, 0.25) is 0 Å². The first-order valence-corrected chi connectivity index (χ1v) is 15.8. The Kier molecular flexibility index (Phi) is 6.16. The smallest absolute Gasteiger partial charge is 0.0529 e. The Morgan fingerprint density at radius 3 is 1.32 bits per heavy atom. The van der Waals surface area contributed by atoms with Crippen molar-refractivity contribution in [3.8, 4) is 60.6 Å². The molecule has 0 amide bonds. The Balaban J connectivity index is 1.16. The topological polar surface area (TPSA) is 25.8 Å². The van der Waals surface area contributed by atoms with Gasteiger partial charge in [0.25, 0.3) is 0 Å². The van der Waals surface area contributed by atoms with Crippen molar-refractivity contribution in [3.63, 3.8) is 0 Å². The van der Waals surface area contributed by atoms with E-state index >= 15 is 0 Å². The number of pyridine rings is 2. The van der Waals surface area contributed by atoms with Crippen molar-refractivity contribution in [3.05, 3.63) is 109 Å². The van der Waals surface area contributed by atoms with Gasteiger partial charge < -0.3 is 0 Å². The van der Waals surface area contributed by atoms with Crippen molar-refractivity contribution < 1.29 is 0 Å². The van der Waals surface area contributed by atoms with Crippen molar-refractivity contribution in [1.82, 2.24) is 9.97 Å². The average molecular weight is 567 g/mol. The van der Waals surface area contributed by atoms with Gasteiger partial charge in [-0.3, -0.25) is 9.97 Å². The zero-order chi connectivity index (χ0) is 24.6. The van der Waals surface area contributed by atoms with Crippen LogP contribution in [0.25, 0.3) is 60.6 Å². The lowest BCUT2D eigenvalue weighted by Gasteiger charge is -1.99. The third kappa shape index (κ3) is 4.54.